The Morgan fingerprint density at radius 3 is 2.48 bits per heavy atom. The summed E-state index contributed by atoms with van der Waals surface area (Å²) in [6.07, 6.45) is 4.63. The summed E-state index contributed by atoms with van der Waals surface area (Å²) in [6, 6.07) is -0.258. The number of carbonyl (C=O) groups excluding carboxylic acids is 1. The first-order valence-corrected chi connectivity index (χ1v) is 8.45. The van der Waals surface area contributed by atoms with E-state index >= 15 is 0 Å². The molecule has 0 bridgehead atoms. The van der Waals surface area contributed by atoms with Crippen LogP contribution in [0.3, 0.4) is 0 Å². The number of amides is 1. The van der Waals surface area contributed by atoms with Gasteiger partial charge in [0.1, 0.15) is 5.60 Å². The summed E-state index contributed by atoms with van der Waals surface area (Å²) < 4.78 is 11.2. The van der Waals surface area contributed by atoms with E-state index < -0.39 is 11.7 Å². The van der Waals surface area contributed by atoms with Crippen molar-refractivity contribution in [2.45, 2.75) is 78.0 Å². The summed E-state index contributed by atoms with van der Waals surface area (Å²) >= 11 is 0. The second-order valence-electron chi connectivity index (χ2n) is 8.19. The molecule has 0 radical (unpaired) electrons. The van der Waals surface area contributed by atoms with Crippen LogP contribution in [0.4, 0.5) is 4.79 Å². The van der Waals surface area contributed by atoms with Gasteiger partial charge >= 0.3 is 6.09 Å². The van der Waals surface area contributed by atoms with Crippen LogP contribution in [-0.4, -0.2) is 41.7 Å². The van der Waals surface area contributed by atoms with Gasteiger partial charge in [0.15, 0.2) is 0 Å². The first-order chi connectivity index (χ1) is 10.5. The van der Waals surface area contributed by atoms with Gasteiger partial charge in [-0.05, 0) is 60.8 Å². The zero-order valence-electron chi connectivity index (χ0n) is 15.4. The Bertz CT molecular complexity index is 418. The number of hydrogen-bond donors (Lipinski definition) is 2. The Labute approximate surface area is 140 Å². The Kier molecular flexibility index (Phi) is 7.08. The van der Waals surface area contributed by atoms with Crippen LogP contribution in [0.5, 0.6) is 0 Å². The number of nitrogens with one attached hydrogen (secondary N) is 1. The van der Waals surface area contributed by atoms with Crippen molar-refractivity contribution < 1.29 is 19.4 Å². The number of rotatable bonds is 5. The molecule has 0 unspecified atom stereocenters. The van der Waals surface area contributed by atoms with Gasteiger partial charge in [0.2, 0.25) is 0 Å². The summed E-state index contributed by atoms with van der Waals surface area (Å²) in [5, 5.41) is 12.3. The van der Waals surface area contributed by atoms with Gasteiger partial charge in [-0.15, -0.1) is 0 Å². The molecule has 2 N–H and O–H groups in total. The van der Waals surface area contributed by atoms with Gasteiger partial charge in [-0.1, -0.05) is 11.6 Å². The molecule has 1 fully saturated rings. The zero-order chi connectivity index (χ0) is 17.7. The molecule has 0 saturated heterocycles. The fraction of sp³-hybridized carbons (Fsp3) is 0.833. The molecule has 0 spiro atoms. The largest absolute Gasteiger partial charge is 0.444 e. The maximum absolute atomic E-state index is 12.1. The van der Waals surface area contributed by atoms with Crippen molar-refractivity contribution in [1.82, 2.24) is 5.32 Å². The average Bonchev–Trinajstić information content (AvgIpc) is 2.80. The molecule has 0 aromatic rings. The highest BCUT2D eigenvalue weighted by atomic mass is 16.6. The summed E-state index contributed by atoms with van der Waals surface area (Å²) in [4.78, 5) is 12.1. The fourth-order valence-electron chi connectivity index (χ4n) is 2.56. The molecule has 1 rings (SSSR count). The monoisotopic (exact) mass is 327 g/mol. The number of alkyl carbamates (subject to hydrolysis) is 1. The Balaban J connectivity index is 2.76. The minimum absolute atomic E-state index is 0.158. The van der Waals surface area contributed by atoms with Gasteiger partial charge in [-0.25, -0.2) is 4.79 Å². The molecule has 0 aromatic carbocycles. The summed E-state index contributed by atoms with van der Waals surface area (Å²) in [6.45, 7) is 12.0. The average molecular weight is 327 g/mol. The minimum Gasteiger partial charge on any atom is -0.444 e. The Morgan fingerprint density at radius 2 is 1.96 bits per heavy atom. The van der Waals surface area contributed by atoms with Crippen molar-refractivity contribution in [3.8, 4) is 0 Å². The third-order valence-electron chi connectivity index (χ3n) is 3.58. The number of carbonyl (C=O) groups is 1. The topological polar surface area (TPSA) is 67.8 Å². The van der Waals surface area contributed by atoms with Crippen LogP contribution in [-0.2, 0) is 9.47 Å². The minimum atomic E-state index is -0.534. The molecule has 0 aromatic heterocycles. The molecule has 0 aliphatic heterocycles. The first-order valence-electron chi connectivity index (χ1n) is 8.45. The lowest BCUT2D eigenvalue weighted by Gasteiger charge is -2.26. The van der Waals surface area contributed by atoms with Gasteiger partial charge in [0, 0.05) is 12.5 Å². The van der Waals surface area contributed by atoms with Crippen molar-refractivity contribution >= 4 is 6.09 Å². The van der Waals surface area contributed by atoms with Crippen molar-refractivity contribution in [1.29, 1.82) is 0 Å². The van der Waals surface area contributed by atoms with E-state index in [0.29, 0.717) is 6.61 Å². The number of ether oxygens (including phenoxy) is 2. The highest BCUT2D eigenvalue weighted by Gasteiger charge is 2.24. The maximum Gasteiger partial charge on any atom is 0.408 e. The summed E-state index contributed by atoms with van der Waals surface area (Å²) in [5.41, 5.74) is 0.387. The molecular formula is C18H33NO4. The molecule has 5 nitrogen and oxygen atoms in total. The number of aliphatic hydroxyl groups is 1. The molecule has 1 aliphatic carbocycles. The van der Waals surface area contributed by atoms with E-state index in [2.05, 4.69) is 5.32 Å². The van der Waals surface area contributed by atoms with E-state index in [4.69, 9.17) is 9.47 Å². The predicted octanol–water partition coefficient (Wildman–Crippen LogP) is 3.41. The van der Waals surface area contributed by atoms with Crippen LogP contribution in [0.1, 0.15) is 60.8 Å². The molecule has 23 heavy (non-hydrogen) atoms. The van der Waals surface area contributed by atoms with Crippen molar-refractivity contribution in [3.05, 3.63) is 11.6 Å². The molecule has 1 aliphatic rings. The molecular weight excluding hydrogens is 294 g/mol. The maximum atomic E-state index is 12.1. The van der Waals surface area contributed by atoms with E-state index in [-0.39, 0.29) is 24.2 Å². The van der Waals surface area contributed by atoms with Crippen LogP contribution < -0.4 is 5.32 Å². The van der Waals surface area contributed by atoms with Crippen LogP contribution in [0, 0.1) is 5.92 Å². The fourth-order valence-corrected chi connectivity index (χ4v) is 2.56. The summed E-state index contributed by atoms with van der Waals surface area (Å²) in [7, 11) is 0. The highest BCUT2D eigenvalue weighted by Crippen LogP contribution is 2.31. The Morgan fingerprint density at radius 1 is 1.30 bits per heavy atom. The predicted molar refractivity (Wildman–Crippen MR) is 91.4 cm³/mol. The van der Waals surface area contributed by atoms with E-state index in [9.17, 15) is 9.90 Å². The third-order valence-corrected chi connectivity index (χ3v) is 3.58. The number of aliphatic hydroxyl groups excluding tert-OH is 1. The van der Waals surface area contributed by atoms with E-state index in [0.717, 1.165) is 19.3 Å². The SMILES string of the molecule is CC(C)(C)OC[C@@H](/C=C1\CCC[C@H]1CO)NC(=O)OC(C)(C)C. The van der Waals surface area contributed by atoms with E-state index in [1.54, 1.807) is 0 Å². The lowest BCUT2D eigenvalue weighted by atomic mass is 10.0. The lowest BCUT2D eigenvalue weighted by molar-refractivity contribution is -0.0116. The van der Waals surface area contributed by atoms with Crippen molar-refractivity contribution in [2.24, 2.45) is 5.92 Å². The Hall–Kier alpha value is -1.07. The van der Waals surface area contributed by atoms with Gasteiger partial charge in [-0.3, -0.25) is 0 Å². The van der Waals surface area contributed by atoms with Crippen molar-refractivity contribution in [2.75, 3.05) is 13.2 Å². The molecule has 1 saturated carbocycles. The molecule has 1 amide bonds. The third kappa shape index (κ3) is 8.37. The first kappa shape index (κ1) is 20.0. The second-order valence-corrected chi connectivity index (χ2v) is 8.19. The van der Waals surface area contributed by atoms with Gasteiger partial charge in [-0.2, -0.15) is 0 Å². The normalized spacial score (nSPS) is 22.2. The van der Waals surface area contributed by atoms with Crippen LogP contribution in [0.2, 0.25) is 0 Å². The lowest BCUT2D eigenvalue weighted by Crippen LogP contribution is -2.42. The van der Waals surface area contributed by atoms with Crippen LogP contribution in [0.25, 0.3) is 0 Å². The quantitative estimate of drug-likeness (QED) is 0.759. The van der Waals surface area contributed by atoms with Gasteiger partial charge in [0.25, 0.3) is 0 Å². The van der Waals surface area contributed by atoms with E-state index in [1.807, 2.05) is 47.6 Å². The smallest absolute Gasteiger partial charge is 0.408 e. The molecule has 2 atom stereocenters. The molecule has 5 heteroatoms. The summed E-state index contributed by atoms with van der Waals surface area (Å²) in [5.74, 6) is 0.201. The second kappa shape index (κ2) is 8.15. The van der Waals surface area contributed by atoms with Gasteiger partial charge < -0.3 is 19.9 Å². The molecule has 0 heterocycles. The van der Waals surface area contributed by atoms with Crippen molar-refractivity contribution in [3.63, 3.8) is 0 Å². The molecule has 134 valence electrons. The van der Waals surface area contributed by atoms with E-state index in [1.165, 1.54) is 5.57 Å². The number of hydrogen-bond acceptors (Lipinski definition) is 4. The zero-order valence-corrected chi connectivity index (χ0v) is 15.4. The van der Waals surface area contributed by atoms with Gasteiger partial charge in [0.05, 0.1) is 18.2 Å². The van der Waals surface area contributed by atoms with Crippen LogP contribution >= 0.6 is 0 Å². The standard InChI is InChI=1S/C18H33NO4/c1-17(2,3)22-12-15(19-16(21)23-18(4,5)6)10-13-8-7-9-14(13)11-20/h10,14-15,20H,7-9,11-12H2,1-6H3,(H,19,21)/b13-10+/t14-,15+/m0/s1. The van der Waals surface area contributed by atoms with Crippen LogP contribution in [0.15, 0.2) is 11.6 Å². The highest BCUT2D eigenvalue weighted by molar-refractivity contribution is 5.68.